The minimum absolute atomic E-state index is 0.0973. The summed E-state index contributed by atoms with van der Waals surface area (Å²) in [6.07, 6.45) is 5.36. The summed E-state index contributed by atoms with van der Waals surface area (Å²) in [5.41, 5.74) is 4.93. The van der Waals surface area contributed by atoms with Gasteiger partial charge in [0.05, 0.1) is 29.7 Å². The number of nitrogens with one attached hydrogen (secondary N) is 4. The van der Waals surface area contributed by atoms with Gasteiger partial charge in [-0.05, 0) is 81.0 Å². The van der Waals surface area contributed by atoms with Gasteiger partial charge in [0, 0.05) is 24.6 Å². The lowest BCUT2D eigenvalue weighted by molar-refractivity contribution is 0.171. The third kappa shape index (κ3) is 7.63. The second-order valence-electron chi connectivity index (χ2n) is 14.2. The number of anilines is 1. The molecule has 6 rings (SSSR count). The second kappa shape index (κ2) is 14.4. The lowest BCUT2D eigenvalue weighted by atomic mass is 9.85. The molecular weight excluding hydrogens is 616 g/mol. The van der Waals surface area contributed by atoms with E-state index in [0.29, 0.717) is 36.7 Å². The maximum absolute atomic E-state index is 13.5. The van der Waals surface area contributed by atoms with Crippen LogP contribution in [0.2, 0.25) is 0 Å². The summed E-state index contributed by atoms with van der Waals surface area (Å²) < 4.78 is 9.94. The highest BCUT2D eigenvalue weighted by atomic mass is 16.5. The number of pyridine rings is 1. The average molecular weight is 665 g/mol. The molecule has 1 aliphatic heterocycles. The van der Waals surface area contributed by atoms with Crippen LogP contribution in [0.5, 0.6) is 5.75 Å². The Labute approximate surface area is 287 Å². The molecule has 11 heteroatoms. The lowest BCUT2D eigenvalue weighted by Gasteiger charge is -2.32. The van der Waals surface area contributed by atoms with Gasteiger partial charge >= 0.3 is 6.03 Å². The van der Waals surface area contributed by atoms with Crippen molar-refractivity contribution in [2.75, 3.05) is 25.0 Å². The number of ether oxygens (including phenoxy) is 1. The molecule has 0 saturated carbocycles. The SMILES string of the molecule is Cc1ccc(-n2nc(C(C)(C)C)cc2NC(=O)N[C@H]2CC[C@@H](Oc3ccc(=N)n(C(=N)[C@@H]4CCCN4CCCO)c3)c3ccccc32)cc1. The first-order chi connectivity index (χ1) is 23.5. The van der Waals surface area contributed by atoms with Crippen LogP contribution in [0.3, 0.4) is 0 Å². The Hall–Kier alpha value is -4.74. The van der Waals surface area contributed by atoms with Crippen LogP contribution in [-0.2, 0) is 5.41 Å². The molecule has 258 valence electrons. The van der Waals surface area contributed by atoms with Crippen LogP contribution in [0, 0.1) is 17.7 Å². The second-order valence-corrected chi connectivity index (χ2v) is 14.2. The number of carbonyl (C=O) groups is 1. The number of nitrogens with zero attached hydrogens (tertiary/aromatic N) is 4. The molecule has 1 saturated heterocycles. The number of aliphatic hydroxyl groups excluding tert-OH is 1. The Morgan fingerprint density at radius 1 is 1.04 bits per heavy atom. The summed E-state index contributed by atoms with van der Waals surface area (Å²) in [4.78, 5) is 15.8. The number of rotatable bonds is 9. The molecule has 2 aromatic carbocycles. The van der Waals surface area contributed by atoms with Gasteiger partial charge in [-0.1, -0.05) is 62.7 Å². The Morgan fingerprint density at radius 3 is 2.53 bits per heavy atom. The third-order valence-corrected chi connectivity index (χ3v) is 9.48. The van der Waals surface area contributed by atoms with E-state index in [9.17, 15) is 9.90 Å². The summed E-state index contributed by atoms with van der Waals surface area (Å²) in [6.45, 7) is 10.1. The molecule has 11 nitrogen and oxygen atoms in total. The third-order valence-electron chi connectivity index (χ3n) is 9.48. The number of aliphatic hydroxyl groups is 1. The fraction of sp³-hybridized carbons (Fsp3) is 0.421. The highest BCUT2D eigenvalue weighted by molar-refractivity contribution is 5.89. The summed E-state index contributed by atoms with van der Waals surface area (Å²) in [5, 5.41) is 37.9. The smallest absolute Gasteiger partial charge is 0.320 e. The van der Waals surface area contributed by atoms with Crippen molar-refractivity contribution in [1.82, 2.24) is 24.6 Å². The van der Waals surface area contributed by atoms with E-state index >= 15 is 0 Å². The van der Waals surface area contributed by atoms with Gasteiger partial charge in [0.15, 0.2) is 0 Å². The predicted octanol–water partition coefficient (Wildman–Crippen LogP) is 6.21. The van der Waals surface area contributed by atoms with Crippen molar-refractivity contribution < 1.29 is 14.6 Å². The molecule has 1 aliphatic carbocycles. The summed E-state index contributed by atoms with van der Waals surface area (Å²) >= 11 is 0. The number of aryl methyl sites for hydroxylation is 1. The van der Waals surface area contributed by atoms with E-state index in [2.05, 4.69) is 36.3 Å². The van der Waals surface area contributed by atoms with E-state index in [1.165, 1.54) is 0 Å². The molecule has 2 aliphatic rings. The van der Waals surface area contributed by atoms with E-state index in [4.69, 9.17) is 20.7 Å². The van der Waals surface area contributed by atoms with Crippen molar-refractivity contribution in [2.45, 2.75) is 83.4 Å². The summed E-state index contributed by atoms with van der Waals surface area (Å²) in [7, 11) is 0. The number of likely N-dealkylation sites (tertiary alicyclic amines) is 1. The largest absolute Gasteiger partial charge is 0.484 e. The van der Waals surface area contributed by atoms with Crippen molar-refractivity contribution in [1.29, 1.82) is 10.8 Å². The van der Waals surface area contributed by atoms with Gasteiger partial charge in [0.1, 0.15) is 29.0 Å². The van der Waals surface area contributed by atoms with E-state index in [0.717, 1.165) is 54.0 Å². The molecule has 2 amide bonds. The number of hydrogen-bond acceptors (Lipinski definition) is 7. The molecule has 5 N–H and O–H groups in total. The molecule has 1 fully saturated rings. The fourth-order valence-corrected chi connectivity index (χ4v) is 6.81. The van der Waals surface area contributed by atoms with Crippen molar-refractivity contribution in [3.8, 4) is 11.4 Å². The monoisotopic (exact) mass is 664 g/mol. The number of fused-ring (bicyclic) bond motifs is 1. The zero-order valence-electron chi connectivity index (χ0n) is 28.9. The molecule has 0 unspecified atom stereocenters. The molecule has 2 aromatic heterocycles. The first kappa shape index (κ1) is 34.1. The molecule has 0 bridgehead atoms. The lowest BCUT2D eigenvalue weighted by Crippen LogP contribution is -2.43. The summed E-state index contributed by atoms with van der Waals surface area (Å²) in [5.74, 6) is 1.54. The Balaban J connectivity index is 1.17. The first-order valence-corrected chi connectivity index (χ1v) is 17.2. The minimum atomic E-state index is -0.307. The number of benzene rings is 2. The number of carbonyl (C=O) groups excluding carboxylic acids is 1. The van der Waals surface area contributed by atoms with Crippen LogP contribution in [0.15, 0.2) is 72.9 Å². The predicted molar refractivity (Wildman–Crippen MR) is 191 cm³/mol. The molecule has 3 heterocycles. The zero-order chi connectivity index (χ0) is 34.7. The van der Waals surface area contributed by atoms with E-state index in [1.54, 1.807) is 27.6 Å². The summed E-state index contributed by atoms with van der Waals surface area (Å²) in [6, 6.07) is 20.9. The van der Waals surface area contributed by atoms with Gasteiger partial charge in [-0.2, -0.15) is 5.10 Å². The number of hydrogen-bond donors (Lipinski definition) is 5. The molecule has 4 aromatic rings. The number of aromatic nitrogens is 3. The number of urea groups is 1. The van der Waals surface area contributed by atoms with Crippen LogP contribution >= 0.6 is 0 Å². The van der Waals surface area contributed by atoms with Crippen molar-refractivity contribution >= 4 is 17.7 Å². The van der Waals surface area contributed by atoms with Gasteiger partial charge in [-0.3, -0.25) is 25.6 Å². The first-order valence-electron chi connectivity index (χ1n) is 17.2. The molecule has 0 radical (unpaired) electrons. The van der Waals surface area contributed by atoms with Gasteiger partial charge in [0.2, 0.25) is 0 Å². The van der Waals surface area contributed by atoms with Crippen molar-refractivity contribution in [3.05, 3.63) is 101 Å². The van der Waals surface area contributed by atoms with Gasteiger partial charge in [-0.15, -0.1) is 0 Å². The van der Waals surface area contributed by atoms with E-state index in [1.807, 2.05) is 61.5 Å². The maximum atomic E-state index is 13.5. The zero-order valence-corrected chi connectivity index (χ0v) is 28.9. The average Bonchev–Trinajstić information content (AvgIpc) is 3.73. The Morgan fingerprint density at radius 2 is 1.80 bits per heavy atom. The van der Waals surface area contributed by atoms with Crippen LogP contribution in [0.1, 0.15) is 87.4 Å². The van der Waals surface area contributed by atoms with Crippen LogP contribution in [0.25, 0.3) is 5.69 Å². The molecule has 49 heavy (non-hydrogen) atoms. The van der Waals surface area contributed by atoms with E-state index < -0.39 is 0 Å². The quantitative estimate of drug-likeness (QED) is 0.107. The Kier molecular flexibility index (Phi) is 10.0. The van der Waals surface area contributed by atoms with Gasteiger partial charge in [0.25, 0.3) is 0 Å². The number of amides is 2. The van der Waals surface area contributed by atoms with Crippen LogP contribution < -0.4 is 20.9 Å². The van der Waals surface area contributed by atoms with Gasteiger partial charge < -0.3 is 15.2 Å². The molecule has 3 atom stereocenters. The minimum Gasteiger partial charge on any atom is -0.484 e. The topological polar surface area (TPSA) is 144 Å². The van der Waals surface area contributed by atoms with Crippen LogP contribution in [0.4, 0.5) is 10.6 Å². The highest BCUT2D eigenvalue weighted by Crippen LogP contribution is 2.39. The highest BCUT2D eigenvalue weighted by Gasteiger charge is 2.31. The molecule has 0 spiro atoms. The standard InChI is InChI=1S/C38H48N8O3/c1-25-12-14-26(15-13-25)46-35(23-33(43-46)38(2,3)4)42-37(48)41-30-17-18-32(29-10-6-5-9-28(29)30)49-27-16-19-34(39)45(24-27)36(40)31-11-7-20-44(31)21-8-22-47/h5-6,9-10,12-16,19,23-24,30-32,39-40,47H,7-8,11,17-18,20-22H2,1-4H3,(H2,41,42,48)/t30-,31-,32+/m0/s1. The fourth-order valence-electron chi connectivity index (χ4n) is 6.81. The molecular formula is C38H48N8O3. The van der Waals surface area contributed by atoms with Crippen LogP contribution in [-0.4, -0.2) is 62.0 Å². The van der Waals surface area contributed by atoms with Gasteiger partial charge in [-0.25, -0.2) is 9.48 Å². The van der Waals surface area contributed by atoms with Crippen molar-refractivity contribution in [3.63, 3.8) is 0 Å². The Bertz CT molecular complexity index is 1860. The van der Waals surface area contributed by atoms with E-state index in [-0.39, 0.29) is 41.7 Å². The van der Waals surface area contributed by atoms with Crippen molar-refractivity contribution in [2.24, 2.45) is 0 Å². The maximum Gasteiger partial charge on any atom is 0.320 e. The normalized spacial score (nSPS) is 19.3.